The zero-order valence-electron chi connectivity index (χ0n) is 14.0. The van der Waals surface area contributed by atoms with Gasteiger partial charge in [-0.3, -0.25) is 0 Å². The van der Waals surface area contributed by atoms with E-state index in [1.54, 1.807) is 6.07 Å². The molecule has 120 valence electrons. The predicted molar refractivity (Wildman–Crippen MR) is 99.2 cm³/mol. The lowest BCUT2D eigenvalue weighted by atomic mass is 10.0. The molecule has 1 nitrogen and oxygen atoms in total. The Kier molecular flexibility index (Phi) is 4.40. The van der Waals surface area contributed by atoms with Crippen molar-refractivity contribution in [3.8, 4) is 5.75 Å². The number of benzene rings is 3. The Morgan fingerprint density at radius 1 is 0.826 bits per heavy atom. The maximum absolute atomic E-state index is 13.9. The minimum atomic E-state index is -1.83. The zero-order valence-corrected chi connectivity index (χ0v) is 15.0. The van der Waals surface area contributed by atoms with Gasteiger partial charge < -0.3 is 4.43 Å². The molecule has 0 radical (unpaired) electrons. The van der Waals surface area contributed by atoms with Crippen molar-refractivity contribution in [2.45, 2.75) is 38.9 Å². The summed E-state index contributed by atoms with van der Waals surface area (Å²) >= 11 is 0. The first-order valence-corrected chi connectivity index (χ1v) is 11.0. The number of rotatable bonds is 5. The molecule has 0 aliphatic heterocycles. The van der Waals surface area contributed by atoms with Crippen LogP contribution in [0.4, 0.5) is 4.39 Å². The Bertz CT molecular complexity index is 831. The largest absolute Gasteiger partial charge is 0.543 e. The van der Waals surface area contributed by atoms with E-state index < -0.39 is 8.32 Å². The lowest BCUT2D eigenvalue weighted by Gasteiger charge is -2.30. The molecule has 0 N–H and O–H groups in total. The molecule has 0 aliphatic carbocycles. The second kappa shape index (κ2) is 6.32. The number of hydrogen-bond donors (Lipinski definition) is 0. The van der Waals surface area contributed by atoms with E-state index in [0.29, 0.717) is 0 Å². The summed E-state index contributed by atoms with van der Waals surface area (Å²) in [5.74, 6) is 0.657. The molecule has 0 atom stereocenters. The van der Waals surface area contributed by atoms with Crippen molar-refractivity contribution in [2.24, 2.45) is 0 Å². The molecule has 3 heteroatoms. The van der Waals surface area contributed by atoms with Crippen LogP contribution < -0.4 is 4.43 Å². The van der Waals surface area contributed by atoms with Gasteiger partial charge in [-0.1, -0.05) is 51.1 Å². The van der Waals surface area contributed by atoms with E-state index in [1.165, 1.54) is 6.07 Å². The van der Waals surface area contributed by atoms with E-state index in [0.717, 1.165) is 45.4 Å². The Morgan fingerprint density at radius 2 is 1.48 bits per heavy atom. The van der Waals surface area contributed by atoms with E-state index in [4.69, 9.17) is 4.43 Å². The monoisotopic (exact) mass is 326 g/mol. The predicted octanol–water partition coefficient (Wildman–Crippen LogP) is 6.52. The molecule has 0 saturated carbocycles. The summed E-state index contributed by atoms with van der Waals surface area (Å²) in [6, 6.07) is 18.5. The molecular formula is C20H23FOSi. The molecular weight excluding hydrogens is 303 g/mol. The summed E-state index contributed by atoms with van der Waals surface area (Å²) in [4.78, 5) is 0. The van der Waals surface area contributed by atoms with Gasteiger partial charge in [0.1, 0.15) is 11.6 Å². The summed E-state index contributed by atoms with van der Waals surface area (Å²) in [7, 11) is -1.83. The molecule has 3 rings (SSSR count). The van der Waals surface area contributed by atoms with Crippen molar-refractivity contribution in [1.29, 1.82) is 0 Å². The molecule has 23 heavy (non-hydrogen) atoms. The average molecular weight is 326 g/mol. The van der Waals surface area contributed by atoms with Crippen LogP contribution in [0.15, 0.2) is 48.5 Å². The van der Waals surface area contributed by atoms with Crippen LogP contribution >= 0.6 is 0 Å². The fourth-order valence-corrected chi connectivity index (χ4v) is 5.87. The molecule has 0 aromatic heterocycles. The maximum Gasteiger partial charge on any atom is 0.250 e. The quantitative estimate of drug-likeness (QED) is 0.383. The average Bonchev–Trinajstić information content (AvgIpc) is 2.59. The first-order chi connectivity index (χ1) is 11.1. The molecule has 3 aromatic rings. The van der Waals surface area contributed by atoms with E-state index in [9.17, 15) is 4.39 Å². The van der Waals surface area contributed by atoms with Gasteiger partial charge in [-0.15, -0.1) is 0 Å². The molecule has 3 aromatic carbocycles. The van der Waals surface area contributed by atoms with Crippen LogP contribution in [0.5, 0.6) is 5.75 Å². The summed E-state index contributed by atoms with van der Waals surface area (Å²) in [6.07, 6.45) is 0. The zero-order chi connectivity index (χ0) is 16.4. The third-order valence-electron chi connectivity index (χ3n) is 5.03. The minimum Gasteiger partial charge on any atom is -0.543 e. The number of fused-ring (bicyclic) bond motifs is 2. The molecule has 0 unspecified atom stereocenters. The van der Waals surface area contributed by atoms with Gasteiger partial charge in [-0.05, 0) is 47.1 Å². The highest BCUT2D eigenvalue weighted by atomic mass is 28.4. The lowest BCUT2D eigenvalue weighted by Crippen LogP contribution is -2.39. The Labute approximate surface area is 138 Å². The third kappa shape index (κ3) is 2.86. The number of halogens is 1. The Balaban J connectivity index is 2.31. The lowest BCUT2D eigenvalue weighted by molar-refractivity contribution is 0.543. The second-order valence-corrected chi connectivity index (χ2v) is 10.8. The van der Waals surface area contributed by atoms with Gasteiger partial charge in [0.25, 0.3) is 8.32 Å². The molecule has 0 saturated heterocycles. The van der Waals surface area contributed by atoms with E-state index in [-0.39, 0.29) is 5.82 Å². The third-order valence-corrected chi connectivity index (χ3v) is 9.53. The van der Waals surface area contributed by atoms with E-state index in [1.807, 2.05) is 18.2 Å². The van der Waals surface area contributed by atoms with Gasteiger partial charge in [0.05, 0.1) is 0 Å². The Morgan fingerprint density at radius 3 is 2.17 bits per heavy atom. The smallest absolute Gasteiger partial charge is 0.250 e. The van der Waals surface area contributed by atoms with Crippen molar-refractivity contribution in [2.75, 3.05) is 0 Å². The SMILES string of the molecule is CC[Si](CC)(CC)Oc1c2ccccc2cc2ccc(F)cc12. The van der Waals surface area contributed by atoms with E-state index in [2.05, 4.69) is 39.0 Å². The van der Waals surface area contributed by atoms with Gasteiger partial charge in [-0.25, -0.2) is 4.39 Å². The van der Waals surface area contributed by atoms with Crippen LogP contribution in [0, 0.1) is 5.82 Å². The maximum atomic E-state index is 13.9. The fraction of sp³-hybridized carbons (Fsp3) is 0.300. The highest BCUT2D eigenvalue weighted by Gasteiger charge is 2.31. The van der Waals surface area contributed by atoms with Gasteiger partial charge in [0, 0.05) is 10.8 Å². The first kappa shape index (κ1) is 16.0. The van der Waals surface area contributed by atoms with Gasteiger partial charge in [0.15, 0.2) is 0 Å². The van der Waals surface area contributed by atoms with Crippen LogP contribution in [-0.4, -0.2) is 8.32 Å². The van der Waals surface area contributed by atoms with Crippen LogP contribution in [0.2, 0.25) is 18.1 Å². The van der Waals surface area contributed by atoms with Crippen molar-refractivity contribution in [1.82, 2.24) is 0 Å². The standard InChI is InChI=1S/C20H23FOSi/c1-4-23(5-2,6-3)22-20-18-10-8-7-9-15(18)13-16-11-12-17(21)14-19(16)20/h7-14H,4-6H2,1-3H3. The van der Waals surface area contributed by atoms with Gasteiger partial charge in [-0.2, -0.15) is 0 Å². The van der Waals surface area contributed by atoms with Crippen LogP contribution in [-0.2, 0) is 0 Å². The highest BCUT2D eigenvalue weighted by molar-refractivity contribution is 6.74. The van der Waals surface area contributed by atoms with Gasteiger partial charge >= 0.3 is 0 Å². The topological polar surface area (TPSA) is 9.23 Å². The summed E-state index contributed by atoms with van der Waals surface area (Å²) in [6.45, 7) is 6.65. The normalized spacial score (nSPS) is 12.0. The molecule has 0 aliphatic rings. The Hall–Kier alpha value is -1.87. The molecule has 0 bridgehead atoms. The summed E-state index contributed by atoms with van der Waals surface area (Å²) in [5, 5.41) is 4.15. The van der Waals surface area contributed by atoms with Crippen molar-refractivity contribution >= 4 is 29.9 Å². The summed E-state index contributed by atoms with van der Waals surface area (Å²) < 4.78 is 20.6. The van der Waals surface area contributed by atoms with Crippen molar-refractivity contribution in [3.05, 3.63) is 54.3 Å². The minimum absolute atomic E-state index is 0.214. The second-order valence-electron chi connectivity index (χ2n) is 6.14. The van der Waals surface area contributed by atoms with Crippen LogP contribution in [0.3, 0.4) is 0 Å². The first-order valence-electron chi connectivity index (χ1n) is 8.42. The molecule has 0 fully saturated rings. The van der Waals surface area contributed by atoms with Crippen molar-refractivity contribution in [3.63, 3.8) is 0 Å². The highest BCUT2D eigenvalue weighted by Crippen LogP contribution is 2.38. The molecule has 0 amide bonds. The van der Waals surface area contributed by atoms with Crippen LogP contribution in [0.25, 0.3) is 21.5 Å². The molecule has 0 spiro atoms. The van der Waals surface area contributed by atoms with Gasteiger partial charge in [0.2, 0.25) is 0 Å². The van der Waals surface area contributed by atoms with Crippen LogP contribution in [0.1, 0.15) is 20.8 Å². The van der Waals surface area contributed by atoms with Crippen molar-refractivity contribution < 1.29 is 8.82 Å². The fourth-order valence-electron chi connectivity index (χ4n) is 3.29. The van der Waals surface area contributed by atoms with E-state index >= 15 is 0 Å². The summed E-state index contributed by atoms with van der Waals surface area (Å²) in [5.41, 5.74) is 0. The molecule has 0 heterocycles. The number of hydrogen-bond acceptors (Lipinski definition) is 1.